The Morgan fingerprint density at radius 3 is 1.12 bits per heavy atom. The molecule has 0 unspecified atom stereocenters. The van der Waals surface area contributed by atoms with E-state index in [2.05, 4.69) is 20.5 Å². The summed E-state index contributed by atoms with van der Waals surface area (Å²) >= 11 is 0. The van der Waals surface area contributed by atoms with Gasteiger partial charge in [0.15, 0.2) is 0 Å². The van der Waals surface area contributed by atoms with Gasteiger partial charge in [0.2, 0.25) is 0 Å². The second-order valence-electron chi connectivity index (χ2n) is 11.7. The van der Waals surface area contributed by atoms with Crippen LogP contribution in [0.5, 0.6) is 11.5 Å². The molecule has 0 aliphatic carbocycles. The van der Waals surface area contributed by atoms with Crippen LogP contribution in [0.25, 0.3) is 33.7 Å². The largest absolute Gasteiger partial charge is 1.00 e. The zero-order valence-corrected chi connectivity index (χ0v) is 34.0. The molecule has 0 heterocycles. The molecule has 0 spiro atoms. The maximum atomic E-state index is 12.4. The van der Waals surface area contributed by atoms with Crippen LogP contribution in [0.15, 0.2) is 137 Å². The molecule has 0 bridgehead atoms. The van der Waals surface area contributed by atoms with Gasteiger partial charge in [-0.3, -0.25) is 18.2 Å². The van der Waals surface area contributed by atoms with E-state index in [1.165, 1.54) is 60.7 Å². The van der Waals surface area contributed by atoms with E-state index in [-0.39, 0.29) is 96.5 Å². The average molecular weight is 864 g/mol. The van der Waals surface area contributed by atoms with E-state index in [1.807, 2.05) is 0 Å². The van der Waals surface area contributed by atoms with Crippen molar-refractivity contribution >= 4 is 96.9 Å². The van der Waals surface area contributed by atoms with Gasteiger partial charge < -0.3 is 10.2 Å². The van der Waals surface area contributed by atoms with Crippen molar-refractivity contribution in [1.82, 2.24) is 0 Å². The number of aromatic hydroxyl groups is 2. The number of fused-ring (bicyclic) bond motifs is 2. The monoisotopic (exact) mass is 863 g/mol. The van der Waals surface area contributed by atoms with E-state index in [1.54, 1.807) is 0 Å². The fourth-order valence-corrected chi connectivity index (χ4v) is 7.82. The van der Waals surface area contributed by atoms with Crippen molar-refractivity contribution in [2.75, 3.05) is 0 Å². The molecule has 0 aliphatic heterocycles. The topological polar surface area (TPSA) is 307 Å². The molecule has 6 aromatic rings. The number of hydrogen-bond donors (Lipinski definition) is 6. The molecule has 0 fully saturated rings. The van der Waals surface area contributed by atoms with E-state index in [9.17, 15) is 62.1 Å². The number of phenols is 2. The molecule has 23 heteroatoms. The van der Waals surface area contributed by atoms with Gasteiger partial charge in [0.25, 0.3) is 40.5 Å². The summed E-state index contributed by atoms with van der Waals surface area (Å²) in [6.45, 7) is 0. The molecule has 0 radical (unpaired) electrons. The molecule has 0 atom stereocenters. The normalized spacial score (nSPS) is 12.9. The minimum atomic E-state index is -4.95. The fraction of sp³-hybridized carbons (Fsp3) is 0. The van der Waals surface area contributed by atoms with Crippen LogP contribution in [-0.2, 0) is 40.5 Å². The van der Waals surface area contributed by atoms with Crippen molar-refractivity contribution in [1.29, 1.82) is 0 Å². The van der Waals surface area contributed by atoms with E-state index >= 15 is 0 Å². The number of benzene rings is 6. The predicted molar refractivity (Wildman–Crippen MR) is 201 cm³/mol. The maximum absolute atomic E-state index is 12.4. The fourth-order valence-electron chi connectivity index (χ4n) is 5.38. The standard InChI is InChI=1S/C34H24N4O14S4.Na/c39-29-13-5-21-15-25(53(41,42)43)9-11-27(21)33(29)37-35-23-7-3-19(31(17-23)55(47,48)49)1-2-20-4-8-24(18-32(20)56(50,51)52)36-38-34-28-12-10-26(54(44,45)46)16-22(28)6-14-30(34)40;/h1-18,39-40H,(H,41,42,43)(H,44,45,46)(H,47,48,49)(H,50,51,52);/q;+1/b2-1+,37-35?,38-36?;. The minimum absolute atomic E-state index is 0. The van der Waals surface area contributed by atoms with Gasteiger partial charge in [0.05, 0.1) is 21.2 Å². The van der Waals surface area contributed by atoms with Crippen LogP contribution in [0.2, 0.25) is 0 Å². The third-order valence-corrected chi connectivity index (χ3v) is 11.5. The molecule has 0 saturated heterocycles. The smallest absolute Gasteiger partial charge is 0.506 e. The molecule has 6 rings (SSSR count). The third-order valence-electron chi connectivity index (χ3n) is 8.00. The van der Waals surface area contributed by atoms with Crippen molar-refractivity contribution in [2.24, 2.45) is 20.5 Å². The summed E-state index contributed by atoms with van der Waals surface area (Å²) in [5.74, 6) is -0.748. The summed E-state index contributed by atoms with van der Waals surface area (Å²) in [6, 6.07) is 18.9. The molecule has 6 aromatic carbocycles. The first-order valence-electron chi connectivity index (χ1n) is 15.3. The van der Waals surface area contributed by atoms with Crippen LogP contribution in [0.4, 0.5) is 22.7 Å². The molecule has 6 N–H and O–H groups in total. The van der Waals surface area contributed by atoms with Crippen LogP contribution in [-0.4, -0.2) is 62.1 Å². The van der Waals surface area contributed by atoms with Crippen molar-refractivity contribution in [2.45, 2.75) is 19.6 Å². The van der Waals surface area contributed by atoms with Crippen LogP contribution < -0.4 is 29.6 Å². The van der Waals surface area contributed by atoms with Crippen LogP contribution in [0.3, 0.4) is 0 Å². The second kappa shape index (κ2) is 16.1. The van der Waals surface area contributed by atoms with Crippen molar-refractivity contribution < 1.29 is 91.7 Å². The molecular formula is C34H24N4NaO14S4+. The Morgan fingerprint density at radius 2 is 0.789 bits per heavy atom. The molecule has 18 nitrogen and oxygen atoms in total. The zero-order chi connectivity index (χ0) is 40.8. The van der Waals surface area contributed by atoms with Gasteiger partial charge in [-0.1, -0.05) is 48.6 Å². The van der Waals surface area contributed by atoms with Gasteiger partial charge in [-0.25, -0.2) is 0 Å². The van der Waals surface area contributed by atoms with Gasteiger partial charge in [-0.15, -0.1) is 10.2 Å². The first-order chi connectivity index (χ1) is 26.1. The molecular weight excluding hydrogens is 840 g/mol. The van der Waals surface area contributed by atoms with Crippen LogP contribution in [0, 0.1) is 0 Å². The van der Waals surface area contributed by atoms with Gasteiger partial charge in [-0.05, 0) is 82.6 Å². The van der Waals surface area contributed by atoms with E-state index < -0.39 is 60.1 Å². The van der Waals surface area contributed by atoms with E-state index in [0.29, 0.717) is 0 Å². The second-order valence-corrected chi connectivity index (χ2v) is 17.3. The van der Waals surface area contributed by atoms with E-state index in [0.717, 1.165) is 48.6 Å². The summed E-state index contributed by atoms with van der Waals surface area (Å²) in [4.78, 5) is -2.21. The number of phenolic OH excluding ortho intramolecular Hbond substituents is 2. The molecule has 0 amide bonds. The zero-order valence-electron chi connectivity index (χ0n) is 28.8. The Kier molecular flexibility index (Phi) is 12.2. The molecule has 0 saturated carbocycles. The van der Waals surface area contributed by atoms with Crippen molar-refractivity contribution in [3.63, 3.8) is 0 Å². The van der Waals surface area contributed by atoms with Gasteiger partial charge in [0, 0.05) is 10.8 Å². The Labute approximate surface area is 345 Å². The molecule has 0 aliphatic rings. The number of azo groups is 2. The van der Waals surface area contributed by atoms with Gasteiger partial charge >= 0.3 is 29.6 Å². The Bertz CT molecular complexity index is 2960. The Balaban J connectivity index is 0.00000620. The van der Waals surface area contributed by atoms with Crippen LogP contribution in [0.1, 0.15) is 11.1 Å². The average Bonchev–Trinajstić information content (AvgIpc) is 3.11. The third kappa shape index (κ3) is 9.77. The first kappa shape index (κ1) is 43.1. The minimum Gasteiger partial charge on any atom is -0.506 e. The number of rotatable bonds is 10. The number of nitrogens with zero attached hydrogens (tertiary/aromatic N) is 4. The Hall–Kier alpha value is -4.98. The summed E-state index contributed by atoms with van der Waals surface area (Å²) in [7, 11) is -19.0. The SMILES string of the molecule is O=S(=O)(O)c1ccc2c(N=Nc3ccc(/C=C/c4ccc(N=Nc5c(O)ccc6cc(S(=O)(=O)O)ccc56)cc4S(=O)(=O)O)c(S(=O)(=O)O)c3)c(O)ccc2c1.[Na+]. The predicted octanol–water partition coefficient (Wildman–Crippen LogP) is 4.40. The quantitative estimate of drug-likeness (QED) is 0.0482. The summed E-state index contributed by atoms with van der Waals surface area (Å²) in [5, 5.41) is 37.6. The van der Waals surface area contributed by atoms with Crippen molar-refractivity contribution in [3.8, 4) is 11.5 Å². The molecule has 0 aromatic heterocycles. The number of hydrogen-bond acceptors (Lipinski definition) is 14. The van der Waals surface area contributed by atoms with Gasteiger partial charge in [0.1, 0.15) is 32.7 Å². The molecule has 57 heavy (non-hydrogen) atoms. The Morgan fingerprint density at radius 1 is 0.421 bits per heavy atom. The maximum Gasteiger partial charge on any atom is 1.00 e. The summed E-state index contributed by atoms with van der Waals surface area (Å²) in [5.41, 5.74) is -0.858. The summed E-state index contributed by atoms with van der Waals surface area (Å²) < 4.78 is 134. The first-order valence-corrected chi connectivity index (χ1v) is 21.1. The summed E-state index contributed by atoms with van der Waals surface area (Å²) in [6.07, 6.45) is 2.24. The van der Waals surface area contributed by atoms with Crippen LogP contribution >= 0.6 is 0 Å². The van der Waals surface area contributed by atoms with E-state index in [4.69, 9.17) is 0 Å². The van der Waals surface area contributed by atoms with Gasteiger partial charge in [-0.2, -0.15) is 43.9 Å². The molecule has 288 valence electrons. The van der Waals surface area contributed by atoms with Crippen molar-refractivity contribution in [3.05, 3.63) is 108 Å².